The van der Waals surface area contributed by atoms with Crippen LogP contribution in [0.1, 0.15) is 18.1 Å². The van der Waals surface area contributed by atoms with Crippen LogP contribution in [-0.2, 0) is 17.6 Å². The van der Waals surface area contributed by atoms with Crippen molar-refractivity contribution in [2.45, 2.75) is 31.9 Å². The van der Waals surface area contributed by atoms with E-state index < -0.39 is 17.1 Å². The number of benzene rings is 2. The summed E-state index contributed by atoms with van der Waals surface area (Å²) in [4.78, 5) is 22.6. The molecular formula is C18H20N2O4. The molecule has 6 nitrogen and oxygen atoms in total. The average Bonchev–Trinajstić information content (AvgIpc) is 2.55. The smallest absolute Gasteiger partial charge is 0.273 e. The zero-order chi connectivity index (χ0) is 17.5. The molecule has 0 radical (unpaired) electrons. The highest BCUT2D eigenvalue weighted by molar-refractivity contribution is 5.80. The molecule has 0 aliphatic rings. The molecule has 0 fully saturated rings. The van der Waals surface area contributed by atoms with Crippen LogP contribution >= 0.6 is 0 Å². The first kappa shape index (κ1) is 17.6. The molecular weight excluding hydrogens is 308 g/mol. The molecule has 0 heterocycles. The van der Waals surface area contributed by atoms with E-state index in [0.29, 0.717) is 12.0 Å². The Morgan fingerprint density at radius 1 is 1.17 bits per heavy atom. The molecule has 2 N–H and O–H groups in total. The van der Waals surface area contributed by atoms with Crippen molar-refractivity contribution in [1.29, 1.82) is 0 Å². The van der Waals surface area contributed by atoms with E-state index in [2.05, 4.69) is 5.32 Å². The Labute approximate surface area is 140 Å². The van der Waals surface area contributed by atoms with Gasteiger partial charge < -0.3 is 10.4 Å². The highest BCUT2D eigenvalue weighted by Gasteiger charge is 2.20. The summed E-state index contributed by atoms with van der Waals surface area (Å²) >= 11 is 0. The van der Waals surface area contributed by atoms with Gasteiger partial charge in [0.1, 0.15) is 0 Å². The largest absolute Gasteiger partial charge is 0.391 e. The van der Waals surface area contributed by atoms with Crippen molar-refractivity contribution in [2.24, 2.45) is 0 Å². The Kier molecular flexibility index (Phi) is 6.03. The Hall–Kier alpha value is -2.73. The third kappa shape index (κ3) is 4.89. The second kappa shape index (κ2) is 8.21. The van der Waals surface area contributed by atoms with Gasteiger partial charge in [0.15, 0.2) is 0 Å². The van der Waals surface area contributed by atoms with E-state index >= 15 is 0 Å². The molecule has 0 aromatic heterocycles. The first-order valence-electron chi connectivity index (χ1n) is 7.71. The van der Waals surface area contributed by atoms with Gasteiger partial charge >= 0.3 is 0 Å². The fourth-order valence-electron chi connectivity index (χ4n) is 2.44. The van der Waals surface area contributed by atoms with Crippen LogP contribution in [-0.4, -0.2) is 28.1 Å². The minimum Gasteiger partial charge on any atom is -0.391 e. The van der Waals surface area contributed by atoms with Crippen molar-refractivity contribution >= 4 is 11.6 Å². The summed E-state index contributed by atoms with van der Waals surface area (Å²) in [6, 6.07) is 15.2. The second-order valence-corrected chi connectivity index (χ2v) is 5.68. The van der Waals surface area contributed by atoms with Crippen molar-refractivity contribution in [3.8, 4) is 0 Å². The first-order chi connectivity index (χ1) is 11.5. The highest BCUT2D eigenvalue weighted by Crippen LogP contribution is 2.18. The maximum absolute atomic E-state index is 12.1. The zero-order valence-corrected chi connectivity index (χ0v) is 13.4. The molecule has 0 spiro atoms. The number of nitrogens with one attached hydrogen (secondary N) is 1. The zero-order valence-electron chi connectivity index (χ0n) is 13.4. The fourth-order valence-corrected chi connectivity index (χ4v) is 2.44. The number of nitro groups is 1. The topological polar surface area (TPSA) is 92.5 Å². The van der Waals surface area contributed by atoms with Gasteiger partial charge in [-0.2, -0.15) is 0 Å². The Morgan fingerprint density at radius 2 is 1.79 bits per heavy atom. The van der Waals surface area contributed by atoms with Gasteiger partial charge in [0.05, 0.1) is 23.5 Å². The van der Waals surface area contributed by atoms with Gasteiger partial charge in [-0.15, -0.1) is 0 Å². The number of hydrogen-bond acceptors (Lipinski definition) is 4. The van der Waals surface area contributed by atoms with E-state index in [1.54, 1.807) is 25.1 Å². The average molecular weight is 328 g/mol. The Bertz CT molecular complexity index is 703. The van der Waals surface area contributed by atoms with Crippen LogP contribution in [0.3, 0.4) is 0 Å². The van der Waals surface area contributed by atoms with Crippen LogP contribution in [0.2, 0.25) is 0 Å². The third-order valence-corrected chi connectivity index (χ3v) is 3.79. The number of hydrogen-bond donors (Lipinski definition) is 2. The number of nitrogens with zero attached hydrogens (tertiary/aromatic N) is 1. The number of para-hydroxylation sites is 1. The van der Waals surface area contributed by atoms with Gasteiger partial charge in [-0.25, -0.2) is 0 Å². The molecule has 0 bridgehead atoms. The quantitative estimate of drug-likeness (QED) is 0.602. The van der Waals surface area contributed by atoms with Crippen molar-refractivity contribution in [1.82, 2.24) is 5.32 Å². The molecule has 2 rings (SSSR count). The summed E-state index contributed by atoms with van der Waals surface area (Å²) in [5.41, 5.74) is 1.25. The molecule has 6 heteroatoms. The monoisotopic (exact) mass is 328 g/mol. The van der Waals surface area contributed by atoms with Crippen molar-refractivity contribution < 1.29 is 14.8 Å². The molecule has 0 aliphatic carbocycles. The predicted octanol–water partition coefficient (Wildman–Crippen LogP) is 2.25. The van der Waals surface area contributed by atoms with Crippen LogP contribution < -0.4 is 5.32 Å². The molecule has 2 aromatic carbocycles. The summed E-state index contributed by atoms with van der Waals surface area (Å²) in [5, 5.41) is 23.9. The second-order valence-electron chi connectivity index (χ2n) is 5.68. The van der Waals surface area contributed by atoms with E-state index in [4.69, 9.17) is 0 Å². The van der Waals surface area contributed by atoms with Crippen molar-refractivity contribution in [3.05, 3.63) is 75.8 Å². The van der Waals surface area contributed by atoms with Gasteiger partial charge in [0.2, 0.25) is 5.91 Å². The van der Waals surface area contributed by atoms with Crippen LogP contribution in [0.25, 0.3) is 0 Å². The van der Waals surface area contributed by atoms with E-state index in [1.807, 2.05) is 30.3 Å². The van der Waals surface area contributed by atoms with Gasteiger partial charge in [-0.3, -0.25) is 14.9 Å². The lowest BCUT2D eigenvalue weighted by Crippen LogP contribution is -2.42. The minimum atomic E-state index is -0.734. The van der Waals surface area contributed by atoms with E-state index in [9.17, 15) is 20.0 Å². The van der Waals surface area contributed by atoms with Gasteiger partial charge in [0.25, 0.3) is 5.69 Å². The van der Waals surface area contributed by atoms with Crippen LogP contribution in [0.5, 0.6) is 0 Å². The lowest BCUT2D eigenvalue weighted by molar-refractivity contribution is -0.385. The first-order valence-corrected chi connectivity index (χ1v) is 7.71. The minimum absolute atomic E-state index is 0.0786. The molecule has 2 aromatic rings. The molecule has 126 valence electrons. The standard InChI is InChI=1S/C18H20N2O4/c1-13(17(21)11-14-7-3-2-4-8-14)19-18(22)12-15-9-5-6-10-16(15)20(23)24/h2-10,13,17,21H,11-12H2,1H3,(H,19,22). The molecule has 0 saturated heterocycles. The molecule has 2 atom stereocenters. The summed E-state index contributed by atoms with van der Waals surface area (Å²) in [7, 11) is 0. The van der Waals surface area contributed by atoms with Gasteiger partial charge in [-0.1, -0.05) is 48.5 Å². The number of carbonyl (C=O) groups is 1. The highest BCUT2D eigenvalue weighted by atomic mass is 16.6. The summed E-state index contributed by atoms with van der Waals surface area (Å²) in [5.74, 6) is -0.357. The van der Waals surface area contributed by atoms with Crippen LogP contribution in [0.4, 0.5) is 5.69 Å². The molecule has 0 saturated carbocycles. The fraction of sp³-hybridized carbons (Fsp3) is 0.278. The number of nitro benzene ring substituents is 1. The maximum Gasteiger partial charge on any atom is 0.273 e. The maximum atomic E-state index is 12.1. The van der Waals surface area contributed by atoms with Crippen LogP contribution in [0, 0.1) is 10.1 Å². The van der Waals surface area contributed by atoms with Crippen molar-refractivity contribution in [2.75, 3.05) is 0 Å². The Balaban J connectivity index is 1.93. The number of amides is 1. The van der Waals surface area contributed by atoms with Crippen molar-refractivity contribution in [3.63, 3.8) is 0 Å². The number of rotatable bonds is 7. The SMILES string of the molecule is CC(NC(=O)Cc1ccccc1[N+](=O)[O-])C(O)Cc1ccccc1. The lowest BCUT2D eigenvalue weighted by Gasteiger charge is -2.20. The summed E-state index contributed by atoms with van der Waals surface area (Å²) < 4.78 is 0. The molecule has 0 aliphatic heterocycles. The van der Waals surface area contributed by atoms with E-state index in [1.165, 1.54) is 6.07 Å². The predicted molar refractivity (Wildman–Crippen MR) is 90.6 cm³/mol. The van der Waals surface area contributed by atoms with Gasteiger partial charge in [0, 0.05) is 18.1 Å². The third-order valence-electron chi connectivity index (χ3n) is 3.79. The molecule has 24 heavy (non-hydrogen) atoms. The van der Waals surface area contributed by atoms with Gasteiger partial charge in [-0.05, 0) is 12.5 Å². The molecule has 1 amide bonds. The van der Waals surface area contributed by atoms with Crippen LogP contribution in [0.15, 0.2) is 54.6 Å². The Morgan fingerprint density at radius 3 is 2.46 bits per heavy atom. The van der Waals surface area contributed by atoms with E-state index in [0.717, 1.165) is 5.56 Å². The molecule has 2 unspecified atom stereocenters. The summed E-state index contributed by atoms with van der Waals surface area (Å²) in [6.45, 7) is 1.71. The number of aliphatic hydroxyl groups excluding tert-OH is 1. The number of aliphatic hydroxyl groups is 1. The summed E-state index contributed by atoms with van der Waals surface area (Å²) in [6.07, 6.45) is -0.407. The number of carbonyl (C=O) groups excluding carboxylic acids is 1. The normalized spacial score (nSPS) is 13.1. The van der Waals surface area contributed by atoms with E-state index in [-0.39, 0.29) is 18.0 Å². The lowest BCUT2D eigenvalue weighted by atomic mass is 10.0.